The molecule has 1 aliphatic rings. The summed E-state index contributed by atoms with van der Waals surface area (Å²) in [4.78, 5) is 21.8. The van der Waals surface area contributed by atoms with Gasteiger partial charge in [-0.05, 0) is 6.42 Å². The fourth-order valence-electron chi connectivity index (χ4n) is 1.37. The molecule has 0 aliphatic carbocycles. The van der Waals surface area contributed by atoms with Crippen molar-refractivity contribution in [1.29, 1.82) is 0 Å². The molecule has 14 heavy (non-hydrogen) atoms. The maximum absolute atomic E-state index is 11.2. The molecule has 1 heterocycles. The molecule has 0 aromatic rings. The van der Waals surface area contributed by atoms with Crippen LogP contribution in [0, 0.1) is 5.92 Å². The molecule has 80 valence electrons. The zero-order valence-electron chi connectivity index (χ0n) is 7.63. The van der Waals surface area contributed by atoms with Crippen molar-refractivity contribution in [3.8, 4) is 0 Å². The van der Waals surface area contributed by atoms with Gasteiger partial charge in [0, 0.05) is 13.0 Å². The standard InChI is InChI=1S/C7H11NO5S/c1-14(12,13)8-3-2-5(7(10)11)4-6(8)9/h5H,2-4H2,1H3,(H,10,11). The third kappa shape index (κ3) is 2.22. The molecular formula is C7H11NO5S. The average molecular weight is 221 g/mol. The second-order valence-electron chi connectivity index (χ2n) is 3.26. The summed E-state index contributed by atoms with van der Waals surface area (Å²) in [6.07, 6.45) is 0.891. The highest BCUT2D eigenvalue weighted by Gasteiger charge is 2.34. The molecule has 6 nitrogen and oxygen atoms in total. The maximum Gasteiger partial charge on any atom is 0.307 e. The predicted octanol–water partition coefficient (Wildman–Crippen LogP) is -0.731. The average Bonchev–Trinajstić information content (AvgIpc) is 2.01. The van der Waals surface area contributed by atoms with Crippen LogP contribution in [-0.4, -0.2) is 42.5 Å². The first-order valence-corrected chi connectivity index (χ1v) is 5.90. The molecular weight excluding hydrogens is 210 g/mol. The molecule has 0 aromatic heterocycles. The molecule has 0 radical (unpaired) electrons. The first kappa shape index (κ1) is 11.0. The van der Waals surface area contributed by atoms with Crippen LogP contribution >= 0.6 is 0 Å². The Bertz CT molecular complexity index is 360. The minimum atomic E-state index is -3.53. The van der Waals surface area contributed by atoms with E-state index < -0.39 is 27.8 Å². The number of rotatable bonds is 2. The van der Waals surface area contributed by atoms with Crippen LogP contribution in [0.5, 0.6) is 0 Å². The highest BCUT2D eigenvalue weighted by atomic mass is 32.2. The molecule has 0 aromatic carbocycles. The number of sulfonamides is 1. The van der Waals surface area contributed by atoms with Gasteiger partial charge in [0.05, 0.1) is 12.2 Å². The van der Waals surface area contributed by atoms with Gasteiger partial charge in [0.2, 0.25) is 15.9 Å². The molecule has 0 bridgehead atoms. The van der Waals surface area contributed by atoms with E-state index in [0.717, 1.165) is 10.6 Å². The Morgan fingerprint density at radius 3 is 2.50 bits per heavy atom. The van der Waals surface area contributed by atoms with Crippen LogP contribution in [0.2, 0.25) is 0 Å². The summed E-state index contributed by atoms with van der Waals surface area (Å²) >= 11 is 0. The lowest BCUT2D eigenvalue weighted by Gasteiger charge is -2.27. The Hall–Kier alpha value is -1.11. The van der Waals surface area contributed by atoms with Gasteiger partial charge < -0.3 is 5.11 Å². The van der Waals surface area contributed by atoms with E-state index in [2.05, 4.69) is 0 Å². The van der Waals surface area contributed by atoms with Crippen molar-refractivity contribution in [1.82, 2.24) is 4.31 Å². The van der Waals surface area contributed by atoms with Crippen molar-refractivity contribution >= 4 is 21.9 Å². The molecule has 1 atom stereocenters. The molecule has 0 spiro atoms. The fourth-order valence-corrected chi connectivity index (χ4v) is 2.26. The summed E-state index contributed by atoms with van der Waals surface area (Å²) in [5.74, 6) is -2.43. The smallest absolute Gasteiger partial charge is 0.307 e. The lowest BCUT2D eigenvalue weighted by atomic mass is 9.98. The highest BCUT2D eigenvalue weighted by molar-refractivity contribution is 7.88. The molecule has 1 aliphatic heterocycles. The number of amides is 1. The summed E-state index contributed by atoms with van der Waals surface area (Å²) < 4.78 is 22.8. The lowest BCUT2D eigenvalue weighted by Crippen LogP contribution is -2.43. The Balaban J connectivity index is 2.76. The molecule has 1 fully saturated rings. The van der Waals surface area contributed by atoms with Gasteiger partial charge >= 0.3 is 5.97 Å². The number of carboxylic acids is 1. The summed E-state index contributed by atoms with van der Waals surface area (Å²) in [6.45, 7) is -0.0331. The van der Waals surface area contributed by atoms with Crippen molar-refractivity contribution < 1.29 is 23.1 Å². The van der Waals surface area contributed by atoms with Crippen molar-refractivity contribution in [2.24, 2.45) is 5.92 Å². The van der Waals surface area contributed by atoms with Crippen molar-refractivity contribution in [2.45, 2.75) is 12.8 Å². The summed E-state index contributed by atoms with van der Waals surface area (Å²) in [6, 6.07) is 0. The third-order valence-corrected chi connectivity index (χ3v) is 3.32. The fraction of sp³-hybridized carbons (Fsp3) is 0.714. The van der Waals surface area contributed by atoms with Crippen LogP contribution in [0.3, 0.4) is 0 Å². The van der Waals surface area contributed by atoms with Gasteiger partial charge in [-0.15, -0.1) is 0 Å². The van der Waals surface area contributed by atoms with E-state index in [4.69, 9.17) is 5.11 Å². The van der Waals surface area contributed by atoms with Gasteiger partial charge in [-0.3, -0.25) is 9.59 Å². The van der Waals surface area contributed by atoms with Crippen LogP contribution < -0.4 is 0 Å². The first-order valence-electron chi connectivity index (χ1n) is 4.05. The minimum absolute atomic E-state index is 0.0331. The number of carboxylic acid groups (broad SMARTS) is 1. The largest absolute Gasteiger partial charge is 0.481 e. The predicted molar refractivity (Wildman–Crippen MR) is 46.9 cm³/mol. The van der Waals surface area contributed by atoms with Gasteiger partial charge in [-0.2, -0.15) is 0 Å². The summed E-state index contributed by atoms with van der Waals surface area (Å²) in [5.41, 5.74) is 0. The molecule has 7 heteroatoms. The summed E-state index contributed by atoms with van der Waals surface area (Å²) in [7, 11) is -3.53. The molecule has 1 saturated heterocycles. The Labute approximate surface area is 81.6 Å². The van der Waals surface area contributed by atoms with Crippen LogP contribution in [0.25, 0.3) is 0 Å². The van der Waals surface area contributed by atoms with Crippen LogP contribution in [0.15, 0.2) is 0 Å². The van der Waals surface area contributed by atoms with E-state index in [0.29, 0.717) is 0 Å². The van der Waals surface area contributed by atoms with E-state index >= 15 is 0 Å². The van der Waals surface area contributed by atoms with E-state index in [9.17, 15) is 18.0 Å². The topological polar surface area (TPSA) is 91.8 Å². The van der Waals surface area contributed by atoms with Gasteiger partial charge in [-0.25, -0.2) is 12.7 Å². The third-order valence-electron chi connectivity index (χ3n) is 2.13. The van der Waals surface area contributed by atoms with Gasteiger partial charge in [0.1, 0.15) is 0 Å². The van der Waals surface area contributed by atoms with Crippen molar-refractivity contribution in [3.63, 3.8) is 0 Å². The second kappa shape index (κ2) is 3.56. The number of aliphatic carboxylic acids is 1. The van der Waals surface area contributed by atoms with Gasteiger partial charge in [0.25, 0.3) is 0 Å². The van der Waals surface area contributed by atoms with Crippen molar-refractivity contribution in [3.05, 3.63) is 0 Å². The Morgan fingerprint density at radius 1 is 1.57 bits per heavy atom. The number of carbonyl (C=O) groups excluding carboxylic acids is 1. The van der Waals surface area contributed by atoms with E-state index in [1.54, 1.807) is 0 Å². The van der Waals surface area contributed by atoms with Gasteiger partial charge in [-0.1, -0.05) is 0 Å². The Kier molecular flexibility index (Phi) is 2.79. The van der Waals surface area contributed by atoms with Crippen LogP contribution in [-0.2, 0) is 19.6 Å². The highest BCUT2D eigenvalue weighted by Crippen LogP contribution is 2.20. The SMILES string of the molecule is CS(=O)(=O)N1CCC(C(=O)O)CC1=O. The number of hydrogen-bond donors (Lipinski definition) is 1. The zero-order chi connectivity index (χ0) is 10.9. The molecule has 1 unspecified atom stereocenters. The zero-order valence-corrected chi connectivity index (χ0v) is 8.45. The normalized spacial score (nSPS) is 23.6. The van der Waals surface area contributed by atoms with Crippen molar-refractivity contribution in [2.75, 3.05) is 12.8 Å². The number of carbonyl (C=O) groups is 2. The van der Waals surface area contributed by atoms with E-state index in [-0.39, 0.29) is 19.4 Å². The molecule has 1 amide bonds. The summed E-state index contributed by atoms with van der Waals surface area (Å²) in [5, 5.41) is 8.62. The lowest BCUT2D eigenvalue weighted by molar-refractivity contribution is -0.147. The number of piperidine rings is 1. The van der Waals surface area contributed by atoms with Gasteiger partial charge in [0.15, 0.2) is 0 Å². The number of hydrogen-bond acceptors (Lipinski definition) is 4. The second-order valence-corrected chi connectivity index (χ2v) is 5.16. The molecule has 1 N–H and O–H groups in total. The first-order chi connectivity index (χ1) is 6.32. The van der Waals surface area contributed by atoms with Crippen LogP contribution in [0.1, 0.15) is 12.8 Å². The maximum atomic E-state index is 11.2. The minimum Gasteiger partial charge on any atom is -0.481 e. The molecule has 0 saturated carbocycles. The quantitative estimate of drug-likeness (QED) is 0.663. The van der Waals surface area contributed by atoms with E-state index in [1.165, 1.54) is 0 Å². The van der Waals surface area contributed by atoms with Crippen LogP contribution in [0.4, 0.5) is 0 Å². The molecule has 1 rings (SSSR count). The van der Waals surface area contributed by atoms with E-state index in [1.807, 2.05) is 0 Å². The monoisotopic (exact) mass is 221 g/mol. The number of nitrogens with zero attached hydrogens (tertiary/aromatic N) is 1. The Morgan fingerprint density at radius 2 is 2.14 bits per heavy atom.